The highest BCUT2D eigenvalue weighted by atomic mass is 32.1. The summed E-state index contributed by atoms with van der Waals surface area (Å²) in [5.74, 6) is 0.0795. The third kappa shape index (κ3) is 4.02. The molecule has 1 fully saturated rings. The van der Waals surface area contributed by atoms with Crippen LogP contribution in [0.2, 0.25) is 0 Å². The lowest BCUT2D eigenvalue weighted by atomic mass is 9.94. The normalized spacial score (nSPS) is 20.7. The molecule has 0 spiro atoms. The fourth-order valence-corrected chi connectivity index (χ4v) is 3.16. The molecular weight excluding hydrogens is 282 g/mol. The van der Waals surface area contributed by atoms with Crippen LogP contribution in [0.5, 0.6) is 0 Å². The van der Waals surface area contributed by atoms with Gasteiger partial charge in [-0.05, 0) is 24.9 Å². The quantitative estimate of drug-likeness (QED) is 0.812. The van der Waals surface area contributed by atoms with Gasteiger partial charge in [0.2, 0.25) is 5.91 Å². The van der Waals surface area contributed by atoms with Gasteiger partial charge in [-0.15, -0.1) is 0 Å². The zero-order valence-electron chi connectivity index (χ0n) is 12.4. The number of likely N-dealkylation sites (tertiary alicyclic amines) is 1. The molecule has 0 radical (unpaired) electrons. The maximum atomic E-state index is 12.0. The number of carbonyl (C=O) groups excluding carboxylic acids is 1. The topological polar surface area (TPSA) is 58.4 Å². The number of hydrogen-bond acceptors (Lipinski definition) is 3. The monoisotopic (exact) mass is 305 g/mol. The Kier molecular flexibility index (Phi) is 5.70. The van der Waals surface area contributed by atoms with Crippen molar-refractivity contribution < 1.29 is 4.79 Å². The number of benzene rings is 1. The molecule has 0 aliphatic carbocycles. The SMILES string of the molecule is CNC(=O)C1CCCCN1CC(C(N)=S)c1ccccc1. The lowest BCUT2D eigenvalue weighted by Gasteiger charge is -2.36. The molecule has 1 saturated heterocycles. The van der Waals surface area contributed by atoms with Crippen molar-refractivity contribution in [1.29, 1.82) is 0 Å². The van der Waals surface area contributed by atoms with E-state index < -0.39 is 0 Å². The highest BCUT2D eigenvalue weighted by Crippen LogP contribution is 2.23. The Morgan fingerprint density at radius 1 is 1.43 bits per heavy atom. The second-order valence-electron chi connectivity index (χ2n) is 5.49. The fraction of sp³-hybridized carbons (Fsp3) is 0.500. The summed E-state index contributed by atoms with van der Waals surface area (Å²) in [4.78, 5) is 14.8. The van der Waals surface area contributed by atoms with Crippen molar-refractivity contribution in [2.45, 2.75) is 31.2 Å². The molecule has 5 heteroatoms. The number of rotatable bonds is 5. The minimum atomic E-state index is -0.0655. The maximum Gasteiger partial charge on any atom is 0.237 e. The van der Waals surface area contributed by atoms with Gasteiger partial charge in [-0.25, -0.2) is 0 Å². The van der Waals surface area contributed by atoms with E-state index >= 15 is 0 Å². The van der Waals surface area contributed by atoms with Crippen LogP contribution >= 0.6 is 12.2 Å². The van der Waals surface area contributed by atoms with Gasteiger partial charge >= 0.3 is 0 Å². The average molecular weight is 305 g/mol. The molecule has 1 heterocycles. The Balaban J connectivity index is 2.15. The predicted molar refractivity (Wildman–Crippen MR) is 89.2 cm³/mol. The van der Waals surface area contributed by atoms with Crippen LogP contribution in [0.4, 0.5) is 0 Å². The second kappa shape index (κ2) is 7.52. The van der Waals surface area contributed by atoms with Crippen LogP contribution in [-0.4, -0.2) is 42.0 Å². The molecule has 0 bridgehead atoms. The molecule has 1 aromatic carbocycles. The number of thiocarbonyl (C=S) groups is 1. The Hall–Kier alpha value is -1.46. The van der Waals surface area contributed by atoms with Gasteiger partial charge in [0.25, 0.3) is 0 Å². The van der Waals surface area contributed by atoms with Crippen LogP contribution in [0.25, 0.3) is 0 Å². The summed E-state index contributed by atoms with van der Waals surface area (Å²) < 4.78 is 0. The molecule has 1 aromatic rings. The minimum absolute atomic E-state index is 0.00791. The Morgan fingerprint density at radius 2 is 2.14 bits per heavy atom. The Bertz CT molecular complexity index is 492. The molecule has 0 aromatic heterocycles. The summed E-state index contributed by atoms with van der Waals surface area (Å²) in [6.07, 6.45) is 3.11. The molecule has 21 heavy (non-hydrogen) atoms. The van der Waals surface area contributed by atoms with E-state index in [9.17, 15) is 4.79 Å². The van der Waals surface area contributed by atoms with Gasteiger partial charge in [0.1, 0.15) is 0 Å². The van der Waals surface area contributed by atoms with E-state index in [1.165, 1.54) is 0 Å². The van der Waals surface area contributed by atoms with Crippen LogP contribution in [0.3, 0.4) is 0 Å². The molecular formula is C16H23N3OS. The van der Waals surface area contributed by atoms with Gasteiger partial charge in [-0.1, -0.05) is 49.0 Å². The highest BCUT2D eigenvalue weighted by Gasteiger charge is 2.30. The van der Waals surface area contributed by atoms with Crippen LogP contribution in [-0.2, 0) is 4.79 Å². The maximum absolute atomic E-state index is 12.0. The number of likely N-dealkylation sites (N-methyl/N-ethyl adjacent to an activating group) is 1. The summed E-state index contributed by atoms with van der Waals surface area (Å²) in [5, 5.41) is 2.76. The Labute approximate surface area is 131 Å². The number of nitrogens with zero attached hydrogens (tertiary/aromatic N) is 1. The first-order chi connectivity index (χ1) is 10.1. The van der Waals surface area contributed by atoms with Crippen molar-refractivity contribution in [2.24, 2.45) is 5.73 Å². The zero-order chi connectivity index (χ0) is 15.2. The van der Waals surface area contributed by atoms with Gasteiger partial charge in [0.05, 0.1) is 11.0 Å². The number of amides is 1. The second-order valence-corrected chi connectivity index (χ2v) is 5.96. The molecule has 3 N–H and O–H groups in total. The smallest absolute Gasteiger partial charge is 0.237 e. The van der Waals surface area contributed by atoms with Gasteiger partial charge in [0, 0.05) is 19.5 Å². The van der Waals surface area contributed by atoms with Crippen LogP contribution in [0, 0.1) is 0 Å². The van der Waals surface area contributed by atoms with Crippen molar-refractivity contribution in [2.75, 3.05) is 20.1 Å². The first-order valence-corrected chi connectivity index (χ1v) is 7.84. The number of carbonyl (C=O) groups is 1. The molecule has 1 amide bonds. The summed E-state index contributed by atoms with van der Waals surface area (Å²) >= 11 is 5.25. The molecule has 1 aliphatic rings. The molecule has 2 atom stereocenters. The molecule has 1 aliphatic heterocycles. The van der Waals surface area contributed by atoms with Gasteiger partial charge < -0.3 is 11.1 Å². The van der Waals surface area contributed by atoms with Crippen molar-refractivity contribution in [1.82, 2.24) is 10.2 Å². The number of nitrogens with two attached hydrogens (primary N) is 1. The van der Waals surface area contributed by atoms with Crippen molar-refractivity contribution >= 4 is 23.1 Å². The van der Waals surface area contributed by atoms with E-state index in [0.29, 0.717) is 11.5 Å². The largest absolute Gasteiger partial charge is 0.393 e. The standard InChI is InChI=1S/C16H23N3OS/c1-18-16(20)14-9-5-6-10-19(14)11-13(15(17)21)12-7-3-2-4-8-12/h2-4,7-8,13-14H,5-6,9-11H2,1H3,(H2,17,21)(H,18,20). The summed E-state index contributed by atoms with van der Waals surface area (Å²) in [6, 6.07) is 9.99. The zero-order valence-corrected chi connectivity index (χ0v) is 13.2. The number of nitrogens with one attached hydrogen (secondary N) is 1. The molecule has 4 nitrogen and oxygen atoms in total. The van der Waals surface area contributed by atoms with E-state index in [0.717, 1.165) is 31.4 Å². The molecule has 114 valence electrons. The van der Waals surface area contributed by atoms with E-state index in [1.807, 2.05) is 30.3 Å². The molecule has 2 unspecified atom stereocenters. The lowest BCUT2D eigenvalue weighted by molar-refractivity contribution is -0.127. The Morgan fingerprint density at radius 3 is 2.76 bits per heavy atom. The van der Waals surface area contributed by atoms with E-state index in [4.69, 9.17) is 18.0 Å². The first kappa shape index (κ1) is 15.9. The van der Waals surface area contributed by atoms with E-state index in [2.05, 4.69) is 10.2 Å². The summed E-state index contributed by atoms with van der Waals surface area (Å²) in [6.45, 7) is 1.63. The van der Waals surface area contributed by atoms with Crippen LogP contribution < -0.4 is 11.1 Å². The van der Waals surface area contributed by atoms with Gasteiger partial charge in [0.15, 0.2) is 0 Å². The third-order valence-corrected chi connectivity index (χ3v) is 4.41. The van der Waals surface area contributed by atoms with Gasteiger partial charge in [-0.3, -0.25) is 9.69 Å². The summed E-state index contributed by atoms with van der Waals surface area (Å²) in [5.41, 5.74) is 7.06. The number of hydrogen-bond donors (Lipinski definition) is 2. The third-order valence-electron chi connectivity index (χ3n) is 4.13. The molecule has 2 rings (SSSR count). The van der Waals surface area contributed by atoms with Gasteiger partial charge in [-0.2, -0.15) is 0 Å². The van der Waals surface area contributed by atoms with Crippen LogP contribution in [0.1, 0.15) is 30.7 Å². The van der Waals surface area contributed by atoms with Crippen LogP contribution in [0.15, 0.2) is 30.3 Å². The average Bonchev–Trinajstić information content (AvgIpc) is 2.52. The number of piperidine rings is 1. The predicted octanol–water partition coefficient (Wildman–Crippen LogP) is 1.66. The minimum Gasteiger partial charge on any atom is -0.393 e. The van der Waals surface area contributed by atoms with E-state index in [1.54, 1.807) is 7.05 Å². The fourth-order valence-electron chi connectivity index (χ4n) is 2.95. The van der Waals surface area contributed by atoms with Crippen molar-refractivity contribution in [3.05, 3.63) is 35.9 Å². The summed E-state index contributed by atoms with van der Waals surface area (Å²) in [7, 11) is 1.69. The molecule has 0 saturated carbocycles. The lowest BCUT2D eigenvalue weighted by Crippen LogP contribution is -2.50. The highest BCUT2D eigenvalue weighted by molar-refractivity contribution is 7.80. The van der Waals surface area contributed by atoms with E-state index in [-0.39, 0.29) is 17.9 Å². The van der Waals surface area contributed by atoms with Crippen molar-refractivity contribution in [3.63, 3.8) is 0 Å². The van der Waals surface area contributed by atoms with Crippen molar-refractivity contribution in [3.8, 4) is 0 Å². The first-order valence-electron chi connectivity index (χ1n) is 7.43.